The van der Waals surface area contributed by atoms with Gasteiger partial charge in [0, 0.05) is 11.3 Å². The van der Waals surface area contributed by atoms with Crippen molar-refractivity contribution in [3.05, 3.63) is 69.9 Å². The van der Waals surface area contributed by atoms with E-state index in [0.717, 1.165) is 22.4 Å². The summed E-state index contributed by atoms with van der Waals surface area (Å²) in [5.74, 6) is -0.301. The van der Waals surface area contributed by atoms with Crippen LogP contribution in [-0.2, 0) is 14.3 Å². The highest BCUT2D eigenvalue weighted by Crippen LogP contribution is 2.38. The van der Waals surface area contributed by atoms with Crippen LogP contribution < -0.4 is 15.4 Å². The van der Waals surface area contributed by atoms with Gasteiger partial charge in [-0.05, 0) is 44.9 Å². The van der Waals surface area contributed by atoms with Crippen LogP contribution in [-0.4, -0.2) is 42.6 Å². The number of para-hydroxylation sites is 1. The lowest BCUT2D eigenvalue weighted by molar-refractivity contribution is -0.136. The Kier molecular flexibility index (Phi) is 6.09. The zero-order chi connectivity index (χ0) is 23.7. The van der Waals surface area contributed by atoms with Gasteiger partial charge in [-0.3, -0.25) is 9.69 Å². The molecule has 0 bridgehead atoms. The number of carbonyl (C=O) groups excluding carboxylic acids is 3. The maximum atomic E-state index is 13.1. The summed E-state index contributed by atoms with van der Waals surface area (Å²) in [5.41, 5.74) is 5.08. The molecule has 33 heavy (non-hydrogen) atoms. The van der Waals surface area contributed by atoms with E-state index in [1.807, 2.05) is 52.0 Å². The predicted octanol–water partition coefficient (Wildman–Crippen LogP) is 3.53. The predicted molar refractivity (Wildman–Crippen MR) is 123 cm³/mol. The van der Waals surface area contributed by atoms with Gasteiger partial charge in [-0.1, -0.05) is 35.9 Å². The van der Waals surface area contributed by atoms with Crippen molar-refractivity contribution in [2.24, 2.45) is 0 Å². The van der Waals surface area contributed by atoms with Crippen LogP contribution >= 0.6 is 0 Å². The Labute approximate surface area is 192 Å². The van der Waals surface area contributed by atoms with E-state index in [1.54, 1.807) is 12.1 Å². The Morgan fingerprint density at radius 3 is 2.58 bits per heavy atom. The molecule has 2 heterocycles. The lowest BCUT2D eigenvalue weighted by Gasteiger charge is -2.33. The van der Waals surface area contributed by atoms with Crippen LogP contribution in [0.15, 0.2) is 47.7 Å². The third kappa shape index (κ3) is 4.28. The third-order valence-corrected chi connectivity index (χ3v) is 5.77. The minimum absolute atomic E-state index is 0.0647. The number of aryl methyl sites for hydroxylation is 3. The van der Waals surface area contributed by atoms with Crippen molar-refractivity contribution in [2.75, 3.05) is 25.1 Å². The van der Waals surface area contributed by atoms with Crippen LogP contribution in [0, 0.1) is 20.8 Å². The average Bonchev–Trinajstić information content (AvgIpc) is 3.15. The SMILES string of the molecule is CCOc1ccccc1[C@@H]1NC(=O)N(CC(=O)Nc2c(C)cc(C)cc2C)C2=C1C(=O)OC2. The minimum Gasteiger partial charge on any atom is -0.494 e. The van der Waals surface area contributed by atoms with Crippen molar-refractivity contribution in [3.63, 3.8) is 0 Å². The van der Waals surface area contributed by atoms with E-state index in [-0.39, 0.29) is 19.1 Å². The normalized spacial score (nSPS) is 17.5. The van der Waals surface area contributed by atoms with Crippen molar-refractivity contribution in [1.82, 2.24) is 10.2 Å². The lowest BCUT2D eigenvalue weighted by Crippen LogP contribution is -2.49. The van der Waals surface area contributed by atoms with Crippen molar-refractivity contribution in [2.45, 2.75) is 33.7 Å². The van der Waals surface area contributed by atoms with E-state index >= 15 is 0 Å². The molecule has 0 aliphatic carbocycles. The Bertz CT molecular complexity index is 1150. The van der Waals surface area contributed by atoms with Gasteiger partial charge in [0.05, 0.1) is 23.9 Å². The molecule has 4 rings (SSSR count). The Morgan fingerprint density at radius 1 is 1.18 bits per heavy atom. The van der Waals surface area contributed by atoms with E-state index in [4.69, 9.17) is 9.47 Å². The van der Waals surface area contributed by atoms with Crippen LogP contribution in [0.25, 0.3) is 0 Å². The Morgan fingerprint density at radius 2 is 1.88 bits per heavy atom. The second-order valence-electron chi connectivity index (χ2n) is 8.20. The molecular formula is C25H27N3O5. The molecule has 172 valence electrons. The third-order valence-electron chi connectivity index (χ3n) is 5.77. The van der Waals surface area contributed by atoms with E-state index in [9.17, 15) is 14.4 Å². The zero-order valence-corrected chi connectivity index (χ0v) is 19.2. The summed E-state index contributed by atoms with van der Waals surface area (Å²) in [6.07, 6.45) is 0. The number of benzene rings is 2. The first-order valence-electron chi connectivity index (χ1n) is 10.9. The number of anilines is 1. The molecule has 3 amide bonds. The molecule has 2 aromatic rings. The number of amides is 3. The summed E-state index contributed by atoms with van der Waals surface area (Å²) in [7, 11) is 0. The molecule has 0 saturated heterocycles. The molecule has 2 aliphatic rings. The van der Waals surface area contributed by atoms with E-state index < -0.39 is 18.0 Å². The molecule has 8 heteroatoms. The molecule has 0 unspecified atom stereocenters. The molecule has 8 nitrogen and oxygen atoms in total. The Hall–Kier alpha value is -3.81. The van der Waals surface area contributed by atoms with Gasteiger partial charge in [0.1, 0.15) is 18.9 Å². The number of hydrogen-bond donors (Lipinski definition) is 2. The van der Waals surface area contributed by atoms with Gasteiger partial charge < -0.3 is 20.1 Å². The maximum absolute atomic E-state index is 13.1. The van der Waals surface area contributed by atoms with Crippen LogP contribution in [0.1, 0.15) is 35.2 Å². The number of cyclic esters (lactones) is 1. The van der Waals surface area contributed by atoms with Gasteiger partial charge in [0.2, 0.25) is 5.91 Å². The van der Waals surface area contributed by atoms with Gasteiger partial charge in [-0.25, -0.2) is 9.59 Å². The van der Waals surface area contributed by atoms with E-state index in [1.165, 1.54) is 4.90 Å². The fourth-order valence-electron chi connectivity index (χ4n) is 4.42. The van der Waals surface area contributed by atoms with E-state index in [0.29, 0.717) is 29.2 Å². The summed E-state index contributed by atoms with van der Waals surface area (Å²) < 4.78 is 11.0. The second kappa shape index (κ2) is 8.97. The quantitative estimate of drug-likeness (QED) is 0.658. The molecule has 0 spiro atoms. The molecule has 2 aliphatic heterocycles. The number of urea groups is 1. The zero-order valence-electron chi connectivity index (χ0n) is 19.2. The number of rotatable bonds is 6. The number of hydrogen-bond acceptors (Lipinski definition) is 5. The number of esters is 1. The minimum atomic E-state index is -0.717. The fraction of sp³-hybridized carbons (Fsp3) is 0.320. The maximum Gasteiger partial charge on any atom is 0.338 e. The highest BCUT2D eigenvalue weighted by Gasteiger charge is 2.43. The summed E-state index contributed by atoms with van der Waals surface area (Å²) >= 11 is 0. The largest absolute Gasteiger partial charge is 0.494 e. The molecule has 0 radical (unpaired) electrons. The molecule has 2 N–H and O–H groups in total. The van der Waals surface area contributed by atoms with Gasteiger partial charge in [-0.2, -0.15) is 0 Å². The summed E-state index contributed by atoms with van der Waals surface area (Å²) in [5, 5.41) is 5.76. The van der Waals surface area contributed by atoms with Crippen LogP contribution in [0.5, 0.6) is 5.75 Å². The van der Waals surface area contributed by atoms with Gasteiger partial charge in [-0.15, -0.1) is 0 Å². The van der Waals surface area contributed by atoms with Crippen LogP contribution in [0.2, 0.25) is 0 Å². The molecule has 0 fully saturated rings. The summed E-state index contributed by atoms with van der Waals surface area (Å²) in [4.78, 5) is 39.8. The van der Waals surface area contributed by atoms with Crippen LogP contribution in [0.4, 0.5) is 10.5 Å². The first-order valence-corrected chi connectivity index (χ1v) is 10.9. The molecule has 0 saturated carbocycles. The standard InChI is InChI=1S/C25H27N3O5/c1-5-32-19-9-7-6-8-17(19)23-21-18(13-33-24(21)30)28(25(31)27-23)12-20(29)26-22-15(3)10-14(2)11-16(22)4/h6-11,23H,5,12-13H2,1-4H3,(H,26,29)(H,27,31)/t23-/m0/s1. The van der Waals surface area contributed by atoms with Crippen molar-refractivity contribution >= 4 is 23.6 Å². The summed E-state index contributed by atoms with van der Waals surface area (Å²) in [6.45, 7) is 7.84. The average molecular weight is 450 g/mol. The monoisotopic (exact) mass is 449 g/mol. The second-order valence-corrected chi connectivity index (χ2v) is 8.20. The number of carbonyl (C=O) groups is 3. The molecular weight excluding hydrogens is 422 g/mol. The van der Waals surface area contributed by atoms with Gasteiger partial charge in [0.25, 0.3) is 0 Å². The highest BCUT2D eigenvalue weighted by molar-refractivity contribution is 6.00. The van der Waals surface area contributed by atoms with Crippen molar-refractivity contribution in [3.8, 4) is 5.75 Å². The molecule has 2 aromatic carbocycles. The fourth-order valence-corrected chi connectivity index (χ4v) is 4.42. The smallest absolute Gasteiger partial charge is 0.338 e. The number of nitrogens with one attached hydrogen (secondary N) is 2. The van der Waals surface area contributed by atoms with Crippen molar-refractivity contribution < 1.29 is 23.9 Å². The first kappa shape index (κ1) is 22.4. The lowest BCUT2D eigenvalue weighted by atomic mass is 9.95. The highest BCUT2D eigenvalue weighted by atomic mass is 16.5. The Balaban J connectivity index is 1.63. The van der Waals surface area contributed by atoms with Crippen LogP contribution in [0.3, 0.4) is 0 Å². The molecule has 0 aromatic heterocycles. The topological polar surface area (TPSA) is 97.0 Å². The van der Waals surface area contributed by atoms with E-state index in [2.05, 4.69) is 10.6 Å². The van der Waals surface area contributed by atoms with Gasteiger partial charge in [0.15, 0.2) is 0 Å². The number of nitrogens with zero attached hydrogens (tertiary/aromatic N) is 1. The molecule has 1 atom stereocenters. The van der Waals surface area contributed by atoms with Crippen molar-refractivity contribution in [1.29, 1.82) is 0 Å². The number of ether oxygens (including phenoxy) is 2. The first-order chi connectivity index (χ1) is 15.8. The van der Waals surface area contributed by atoms with Gasteiger partial charge >= 0.3 is 12.0 Å². The summed E-state index contributed by atoms with van der Waals surface area (Å²) in [6, 6.07) is 10.0.